The summed E-state index contributed by atoms with van der Waals surface area (Å²) in [6, 6.07) is 0. The second-order valence-electron chi connectivity index (χ2n) is 3.08. The zero-order valence-electron chi connectivity index (χ0n) is 7.09. The van der Waals surface area contributed by atoms with Gasteiger partial charge in [0.15, 0.2) is 0 Å². The molecule has 0 saturated heterocycles. The lowest BCUT2D eigenvalue weighted by atomic mass is 9.93. The van der Waals surface area contributed by atoms with Crippen molar-refractivity contribution in [1.29, 1.82) is 0 Å². The van der Waals surface area contributed by atoms with Crippen LogP contribution >= 0.6 is 0 Å². The van der Waals surface area contributed by atoms with Gasteiger partial charge >= 0.3 is 0 Å². The van der Waals surface area contributed by atoms with E-state index in [2.05, 4.69) is 19.1 Å². The zero-order chi connectivity index (χ0) is 8.10. The molecule has 0 fully saturated rings. The maximum absolute atomic E-state index is 8.79. The Bertz CT molecular complexity index is 168. The molecule has 0 heterocycles. The molecule has 1 aliphatic rings. The second kappa shape index (κ2) is 4.35. The smallest absolute Gasteiger partial charge is 0.0678 e. The van der Waals surface area contributed by atoms with Crippen molar-refractivity contribution in [3.8, 4) is 0 Å². The van der Waals surface area contributed by atoms with Crippen molar-refractivity contribution in [3.05, 3.63) is 23.8 Å². The van der Waals surface area contributed by atoms with Crippen molar-refractivity contribution in [1.82, 2.24) is 0 Å². The quantitative estimate of drug-likeness (QED) is 0.657. The lowest BCUT2D eigenvalue weighted by Gasteiger charge is -2.13. The molecule has 1 aliphatic carbocycles. The van der Waals surface area contributed by atoms with E-state index in [4.69, 9.17) is 5.11 Å². The van der Waals surface area contributed by atoms with Crippen LogP contribution in [0.25, 0.3) is 0 Å². The van der Waals surface area contributed by atoms with Gasteiger partial charge in [-0.3, -0.25) is 0 Å². The Kier molecular flexibility index (Phi) is 3.37. The highest BCUT2D eigenvalue weighted by Crippen LogP contribution is 2.19. The summed E-state index contributed by atoms with van der Waals surface area (Å²) in [5.74, 6) is 0.718. The maximum atomic E-state index is 8.79. The molecule has 1 atom stereocenters. The van der Waals surface area contributed by atoms with Gasteiger partial charge in [0.25, 0.3) is 0 Å². The number of allylic oxidation sites excluding steroid dienone is 2. The van der Waals surface area contributed by atoms with E-state index in [0.29, 0.717) is 0 Å². The minimum atomic E-state index is 0.190. The highest BCUT2D eigenvalue weighted by Gasteiger charge is 2.06. The fraction of sp³-hybridized carbons (Fsp3) is 0.600. The number of hydrogen-bond acceptors (Lipinski definition) is 1. The predicted octanol–water partition coefficient (Wildman–Crippen LogP) is 2.28. The Labute approximate surface area is 68.4 Å². The van der Waals surface area contributed by atoms with Crippen molar-refractivity contribution < 1.29 is 5.11 Å². The summed E-state index contributed by atoms with van der Waals surface area (Å²) in [7, 11) is 0. The first-order chi connectivity index (χ1) is 5.36. The minimum Gasteiger partial charge on any atom is -0.392 e. The van der Waals surface area contributed by atoms with Crippen molar-refractivity contribution in [2.75, 3.05) is 6.61 Å². The van der Waals surface area contributed by atoms with Crippen molar-refractivity contribution in [3.63, 3.8) is 0 Å². The third kappa shape index (κ3) is 2.51. The highest BCUT2D eigenvalue weighted by atomic mass is 16.3. The molecule has 0 radical (unpaired) electrons. The van der Waals surface area contributed by atoms with E-state index >= 15 is 0 Å². The summed E-state index contributed by atoms with van der Waals surface area (Å²) in [4.78, 5) is 0. The van der Waals surface area contributed by atoms with Gasteiger partial charge in [0.05, 0.1) is 6.61 Å². The van der Waals surface area contributed by atoms with Crippen LogP contribution in [-0.4, -0.2) is 11.7 Å². The summed E-state index contributed by atoms with van der Waals surface area (Å²) in [5.41, 5.74) is 1.07. The van der Waals surface area contributed by atoms with Crippen LogP contribution in [0.4, 0.5) is 0 Å². The third-order valence-electron chi connectivity index (χ3n) is 2.11. The van der Waals surface area contributed by atoms with Crippen molar-refractivity contribution in [2.45, 2.75) is 26.2 Å². The zero-order valence-corrected chi connectivity index (χ0v) is 7.09. The van der Waals surface area contributed by atoms with Gasteiger partial charge in [-0.2, -0.15) is 0 Å². The first-order valence-corrected chi connectivity index (χ1v) is 4.35. The molecule has 1 unspecified atom stereocenters. The SMILES string of the molecule is CCCC1C=CC(CO)=CC1. The van der Waals surface area contributed by atoms with Gasteiger partial charge in [-0.25, -0.2) is 0 Å². The van der Waals surface area contributed by atoms with Gasteiger partial charge in [0.2, 0.25) is 0 Å². The molecule has 1 nitrogen and oxygen atoms in total. The standard InChI is InChI=1S/C10H16O/c1-2-3-9-4-6-10(8-11)7-5-9/h4,6-7,9,11H,2-3,5,8H2,1H3. The van der Waals surface area contributed by atoms with Gasteiger partial charge in [-0.1, -0.05) is 31.6 Å². The van der Waals surface area contributed by atoms with Crippen LogP contribution in [0.1, 0.15) is 26.2 Å². The van der Waals surface area contributed by atoms with Crippen LogP contribution in [0.2, 0.25) is 0 Å². The molecule has 0 spiro atoms. The second-order valence-corrected chi connectivity index (χ2v) is 3.08. The average Bonchev–Trinajstić information content (AvgIpc) is 2.07. The highest BCUT2D eigenvalue weighted by molar-refractivity contribution is 5.23. The molecule has 1 N–H and O–H groups in total. The first kappa shape index (κ1) is 8.54. The summed E-state index contributed by atoms with van der Waals surface area (Å²) < 4.78 is 0. The lowest BCUT2D eigenvalue weighted by molar-refractivity contribution is 0.333. The topological polar surface area (TPSA) is 20.2 Å². The van der Waals surface area contributed by atoms with E-state index in [-0.39, 0.29) is 6.61 Å². The van der Waals surface area contributed by atoms with Gasteiger partial charge in [-0.05, 0) is 24.3 Å². The third-order valence-corrected chi connectivity index (χ3v) is 2.11. The van der Waals surface area contributed by atoms with Crippen molar-refractivity contribution >= 4 is 0 Å². The van der Waals surface area contributed by atoms with Crippen LogP contribution in [0.3, 0.4) is 0 Å². The Morgan fingerprint density at radius 3 is 2.91 bits per heavy atom. The maximum Gasteiger partial charge on any atom is 0.0678 e. The number of aliphatic hydroxyl groups excluding tert-OH is 1. The largest absolute Gasteiger partial charge is 0.392 e. The Balaban J connectivity index is 2.37. The van der Waals surface area contributed by atoms with E-state index in [0.717, 1.165) is 17.9 Å². The van der Waals surface area contributed by atoms with Crippen LogP contribution < -0.4 is 0 Å². The summed E-state index contributed by atoms with van der Waals surface area (Å²) in [5, 5.41) is 8.79. The van der Waals surface area contributed by atoms with Crippen LogP contribution in [-0.2, 0) is 0 Å². The molecule has 1 rings (SSSR count). The van der Waals surface area contributed by atoms with Gasteiger partial charge in [0, 0.05) is 0 Å². The van der Waals surface area contributed by atoms with E-state index < -0.39 is 0 Å². The van der Waals surface area contributed by atoms with E-state index in [1.165, 1.54) is 12.8 Å². The molecule has 0 aromatic rings. The van der Waals surface area contributed by atoms with E-state index in [9.17, 15) is 0 Å². The van der Waals surface area contributed by atoms with E-state index in [1.807, 2.05) is 6.08 Å². The number of rotatable bonds is 3. The van der Waals surface area contributed by atoms with Crippen LogP contribution in [0, 0.1) is 5.92 Å². The van der Waals surface area contributed by atoms with Crippen LogP contribution in [0.15, 0.2) is 23.8 Å². The normalized spacial score (nSPS) is 23.5. The number of aliphatic hydroxyl groups is 1. The molecular weight excluding hydrogens is 136 g/mol. The predicted molar refractivity (Wildman–Crippen MR) is 47.3 cm³/mol. The molecule has 0 saturated carbocycles. The summed E-state index contributed by atoms with van der Waals surface area (Å²) >= 11 is 0. The fourth-order valence-electron chi connectivity index (χ4n) is 1.41. The molecular formula is C10H16O. The molecule has 11 heavy (non-hydrogen) atoms. The Morgan fingerprint density at radius 2 is 2.45 bits per heavy atom. The van der Waals surface area contributed by atoms with Crippen LogP contribution in [0.5, 0.6) is 0 Å². The number of hydrogen-bond donors (Lipinski definition) is 1. The van der Waals surface area contributed by atoms with Gasteiger partial charge in [0.1, 0.15) is 0 Å². The summed E-state index contributed by atoms with van der Waals surface area (Å²) in [6.45, 7) is 2.40. The van der Waals surface area contributed by atoms with Gasteiger partial charge in [-0.15, -0.1) is 0 Å². The molecule has 1 heteroatoms. The molecule has 0 aliphatic heterocycles. The molecule has 0 bridgehead atoms. The Morgan fingerprint density at radius 1 is 1.64 bits per heavy atom. The minimum absolute atomic E-state index is 0.190. The molecule has 0 aromatic heterocycles. The Hall–Kier alpha value is -0.560. The van der Waals surface area contributed by atoms with E-state index in [1.54, 1.807) is 0 Å². The summed E-state index contributed by atoms with van der Waals surface area (Å²) in [6.07, 6.45) is 10.0. The first-order valence-electron chi connectivity index (χ1n) is 4.35. The molecule has 0 aromatic carbocycles. The average molecular weight is 152 g/mol. The fourth-order valence-corrected chi connectivity index (χ4v) is 1.41. The molecule has 0 amide bonds. The monoisotopic (exact) mass is 152 g/mol. The van der Waals surface area contributed by atoms with Gasteiger partial charge < -0.3 is 5.11 Å². The lowest BCUT2D eigenvalue weighted by Crippen LogP contribution is -2.00. The van der Waals surface area contributed by atoms with Crippen molar-refractivity contribution in [2.24, 2.45) is 5.92 Å². The molecule has 62 valence electrons.